The molecular formula is C13H17ClN3O2+. The Hall–Kier alpha value is -1.59. The quantitative estimate of drug-likeness (QED) is 0.732. The summed E-state index contributed by atoms with van der Waals surface area (Å²) in [5, 5.41) is 8.00. The lowest BCUT2D eigenvalue weighted by atomic mass is 10.1. The van der Waals surface area contributed by atoms with Gasteiger partial charge < -0.3 is 16.0 Å². The van der Waals surface area contributed by atoms with Crippen LogP contribution in [0.15, 0.2) is 18.2 Å². The van der Waals surface area contributed by atoms with E-state index in [1.165, 1.54) is 0 Å². The molecule has 5 nitrogen and oxygen atoms in total. The molecule has 1 atom stereocenters. The summed E-state index contributed by atoms with van der Waals surface area (Å²) in [5.74, 6) is -0.262. The summed E-state index contributed by atoms with van der Waals surface area (Å²) in [6.07, 6.45) is 0.164. The zero-order valence-electron chi connectivity index (χ0n) is 10.7. The first-order valence-corrected chi connectivity index (χ1v) is 6.61. The Balaban J connectivity index is 1.93. The van der Waals surface area contributed by atoms with E-state index in [4.69, 9.17) is 11.6 Å². The summed E-state index contributed by atoms with van der Waals surface area (Å²) in [6, 6.07) is 5.01. The maximum absolute atomic E-state index is 11.9. The van der Waals surface area contributed by atoms with E-state index in [1.54, 1.807) is 12.1 Å². The van der Waals surface area contributed by atoms with Crippen molar-refractivity contribution in [1.82, 2.24) is 5.32 Å². The Morgan fingerprint density at radius 3 is 3.05 bits per heavy atom. The zero-order chi connectivity index (χ0) is 13.8. The van der Waals surface area contributed by atoms with Crippen molar-refractivity contribution >= 4 is 29.1 Å². The van der Waals surface area contributed by atoms with Gasteiger partial charge in [0.25, 0.3) is 5.91 Å². The summed E-state index contributed by atoms with van der Waals surface area (Å²) in [6.45, 7) is 3.36. The average molecular weight is 283 g/mol. The van der Waals surface area contributed by atoms with E-state index in [9.17, 15) is 9.59 Å². The molecule has 1 aliphatic rings. The number of piperazine rings is 1. The predicted octanol–water partition coefficient (Wildman–Crippen LogP) is 0.0388. The fraction of sp³-hybridized carbons (Fsp3) is 0.385. The van der Waals surface area contributed by atoms with Crippen LogP contribution in [0.3, 0.4) is 0 Å². The number of halogens is 1. The highest BCUT2D eigenvalue weighted by molar-refractivity contribution is 6.31. The van der Waals surface area contributed by atoms with Gasteiger partial charge in [-0.05, 0) is 24.6 Å². The van der Waals surface area contributed by atoms with E-state index < -0.39 is 0 Å². The highest BCUT2D eigenvalue weighted by Gasteiger charge is 2.27. The van der Waals surface area contributed by atoms with E-state index in [0.29, 0.717) is 17.3 Å². The molecule has 0 aliphatic carbocycles. The van der Waals surface area contributed by atoms with Gasteiger partial charge in [0.1, 0.15) is 0 Å². The molecular weight excluding hydrogens is 266 g/mol. The second kappa shape index (κ2) is 6.04. The number of hydrogen-bond donors (Lipinski definition) is 3. The van der Waals surface area contributed by atoms with Crippen LogP contribution in [0.4, 0.5) is 5.69 Å². The van der Waals surface area contributed by atoms with Crippen molar-refractivity contribution in [3.63, 3.8) is 0 Å². The number of aryl methyl sites for hydroxylation is 1. The third kappa shape index (κ3) is 3.68. The minimum Gasteiger partial charge on any atom is -0.345 e. The largest absolute Gasteiger partial charge is 0.345 e. The molecule has 1 heterocycles. The number of nitrogens with two attached hydrogens (primary N) is 1. The topological polar surface area (TPSA) is 74.8 Å². The highest BCUT2D eigenvalue weighted by atomic mass is 35.5. The Morgan fingerprint density at radius 2 is 2.37 bits per heavy atom. The van der Waals surface area contributed by atoms with Gasteiger partial charge in [-0.15, -0.1) is 0 Å². The number of nitrogens with one attached hydrogen (secondary N) is 2. The standard InChI is InChI=1S/C13H16ClN3O2/c1-8-2-3-9(6-10(8)14)17-12(18)7-11-13(19)16-5-4-15-11/h2-3,6,11,15H,4-5,7H2,1H3,(H,16,19)(H,17,18)/p+1/t11-/m0/s1. The van der Waals surface area contributed by atoms with Gasteiger partial charge in [-0.2, -0.15) is 0 Å². The number of carbonyl (C=O) groups excluding carboxylic acids is 2. The van der Waals surface area contributed by atoms with Gasteiger partial charge in [0, 0.05) is 10.7 Å². The molecule has 4 N–H and O–H groups in total. The third-order valence-corrected chi connectivity index (χ3v) is 3.50. The first kappa shape index (κ1) is 13.8. The Labute approximate surface area is 116 Å². The molecule has 2 amide bonds. The lowest BCUT2D eigenvalue weighted by Crippen LogP contribution is -2.96. The summed E-state index contributed by atoms with van der Waals surface area (Å²) in [5.41, 5.74) is 1.61. The van der Waals surface area contributed by atoms with Crippen molar-refractivity contribution in [2.24, 2.45) is 0 Å². The minimum atomic E-state index is -0.338. The van der Waals surface area contributed by atoms with Crippen LogP contribution in [0.25, 0.3) is 0 Å². The third-order valence-electron chi connectivity index (χ3n) is 3.09. The molecule has 0 aromatic heterocycles. The number of benzene rings is 1. The maximum atomic E-state index is 11.9. The van der Waals surface area contributed by atoms with E-state index in [-0.39, 0.29) is 24.3 Å². The number of carbonyl (C=O) groups is 2. The molecule has 19 heavy (non-hydrogen) atoms. The molecule has 1 aromatic carbocycles. The second-order valence-corrected chi connectivity index (χ2v) is 5.05. The van der Waals surface area contributed by atoms with Crippen LogP contribution in [-0.4, -0.2) is 30.9 Å². The Morgan fingerprint density at radius 1 is 1.58 bits per heavy atom. The molecule has 0 spiro atoms. The number of rotatable bonds is 3. The molecule has 102 valence electrons. The normalized spacial score (nSPS) is 18.8. The summed E-state index contributed by atoms with van der Waals surface area (Å²) < 4.78 is 0. The number of hydrogen-bond acceptors (Lipinski definition) is 2. The van der Waals surface area contributed by atoms with Crippen LogP contribution < -0.4 is 16.0 Å². The molecule has 0 unspecified atom stereocenters. The van der Waals surface area contributed by atoms with Gasteiger partial charge in [-0.3, -0.25) is 9.59 Å². The van der Waals surface area contributed by atoms with Gasteiger partial charge in [0.05, 0.1) is 19.5 Å². The van der Waals surface area contributed by atoms with Crippen LogP contribution in [0.1, 0.15) is 12.0 Å². The summed E-state index contributed by atoms with van der Waals surface area (Å²) in [4.78, 5) is 23.4. The van der Waals surface area contributed by atoms with Gasteiger partial charge in [-0.25, -0.2) is 0 Å². The zero-order valence-corrected chi connectivity index (χ0v) is 11.5. The van der Waals surface area contributed by atoms with Crippen molar-refractivity contribution in [2.75, 3.05) is 18.4 Å². The average Bonchev–Trinajstić information content (AvgIpc) is 2.37. The first-order chi connectivity index (χ1) is 9.06. The lowest BCUT2D eigenvalue weighted by Gasteiger charge is -2.19. The van der Waals surface area contributed by atoms with E-state index in [2.05, 4.69) is 10.6 Å². The van der Waals surface area contributed by atoms with Crippen LogP contribution in [0.2, 0.25) is 5.02 Å². The summed E-state index contributed by atoms with van der Waals surface area (Å²) in [7, 11) is 0. The van der Waals surface area contributed by atoms with Gasteiger partial charge in [0.2, 0.25) is 5.91 Å². The molecule has 6 heteroatoms. The van der Waals surface area contributed by atoms with Crippen LogP contribution in [-0.2, 0) is 9.59 Å². The smallest absolute Gasteiger partial charge is 0.278 e. The SMILES string of the molecule is Cc1ccc(NC(=O)C[C@@H]2[NH2+]CCNC2=O)cc1Cl. The number of amides is 2. The van der Waals surface area contributed by atoms with Crippen molar-refractivity contribution in [3.8, 4) is 0 Å². The first-order valence-electron chi connectivity index (χ1n) is 6.23. The number of quaternary nitrogens is 1. The lowest BCUT2D eigenvalue weighted by molar-refractivity contribution is -0.678. The molecule has 0 radical (unpaired) electrons. The van der Waals surface area contributed by atoms with E-state index in [0.717, 1.165) is 12.1 Å². The monoisotopic (exact) mass is 282 g/mol. The summed E-state index contributed by atoms with van der Waals surface area (Å²) >= 11 is 5.99. The van der Waals surface area contributed by atoms with Crippen LogP contribution >= 0.6 is 11.6 Å². The Kier molecular flexibility index (Phi) is 4.39. The molecule has 1 aromatic rings. The fourth-order valence-corrected chi connectivity index (χ4v) is 2.16. The molecule has 1 aliphatic heterocycles. The second-order valence-electron chi connectivity index (χ2n) is 4.64. The van der Waals surface area contributed by atoms with Gasteiger partial charge in [-0.1, -0.05) is 17.7 Å². The highest BCUT2D eigenvalue weighted by Crippen LogP contribution is 2.20. The van der Waals surface area contributed by atoms with E-state index >= 15 is 0 Å². The molecule has 1 fully saturated rings. The molecule has 1 saturated heterocycles. The van der Waals surface area contributed by atoms with Gasteiger partial charge in [0.15, 0.2) is 6.04 Å². The van der Waals surface area contributed by atoms with Crippen molar-refractivity contribution in [3.05, 3.63) is 28.8 Å². The predicted molar refractivity (Wildman–Crippen MR) is 73.0 cm³/mol. The molecule has 2 rings (SSSR count). The molecule has 0 bridgehead atoms. The minimum absolute atomic E-state index is 0.0802. The van der Waals surface area contributed by atoms with E-state index in [1.807, 2.05) is 18.3 Å². The van der Waals surface area contributed by atoms with Gasteiger partial charge >= 0.3 is 0 Å². The van der Waals surface area contributed by atoms with Crippen molar-refractivity contribution < 1.29 is 14.9 Å². The number of anilines is 1. The van der Waals surface area contributed by atoms with Crippen LogP contribution in [0, 0.1) is 6.92 Å². The van der Waals surface area contributed by atoms with Crippen molar-refractivity contribution in [2.45, 2.75) is 19.4 Å². The fourth-order valence-electron chi connectivity index (χ4n) is 1.98. The van der Waals surface area contributed by atoms with Crippen LogP contribution in [0.5, 0.6) is 0 Å². The maximum Gasteiger partial charge on any atom is 0.278 e. The van der Waals surface area contributed by atoms with Crippen molar-refractivity contribution in [1.29, 1.82) is 0 Å². The molecule has 0 saturated carbocycles. The Bertz CT molecular complexity index is 505.